The number of rotatable bonds is 29. The molecular weight excluding hydrogens is 654 g/mol. The Kier molecular flexibility index (Phi) is 25.0. The highest BCUT2D eigenvalue weighted by molar-refractivity contribution is 5.89. The van der Waals surface area contributed by atoms with Gasteiger partial charge in [-0.05, 0) is 65.3 Å². The lowest BCUT2D eigenvalue weighted by atomic mass is 10.1. The van der Waals surface area contributed by atoms with E-state index in [0.29, 0.717) is 110 Å². The molecule has 0 aliphatic heterocycles. The van der Waals surface area contributed by atoms with Crippen LogP contribution in [0.3, 0.4) is 0 Å². The molecule has 0 saturated carbocycles. The third kappa shape index (κ3) is 27.9. The number of esters is 2. The zero-order valence-corrected chi connectivity index (χ0v) is 30.7. The molecule has 2 N–H and O–H groups in total. The van der Waals surface area contributed by atoms with E-state index in [9.17, 15) is 9.59 Å². The van der Waals surface area contributed by atoms with E-state index in [-0.39, 0.29) is 6.61 Å². The number of nitrogens with two attached hydrogens (primary N) is 1. The molecule has 0 unspecified atom stereocenters. The van der Waals surface area contributed by atoms with Gasteiger partial charge in [0.05, 0.1) is 99.1 Å². The lowest BCUT2D eigenvalue weighted by Gasteiger charge is -2.18. The van der Waals surface area contributed by atoms with Gasteiger partial charge in [0.1, 0.15) is 23.6 Å². The van der Waals surface area contributed by atoms with Crippen molar-refractivity contribution in [3.63, 3.8) is 0 Å². The van der Waals surface area contributed by atoms with E-state index in [1.165, 1.54) is 12.2 Å². The quantitative estimate of drug-likeness (QED) is 0.0553. The van der Waals surface area contributed by atoms with Crippen LogP contribution in [0.15, 0.2) is 30.4 Å². The van der Waals surface area contributed by atoms with E-state index >= 15 is 0 Å². The van der Waals surface area contributed by atoms with Gasteiger partial charge in [-0.15, -0.1) is 0 Å². The van der Waals surface area contributed by atoms with Crippen LogP contribution in [-0.2, 0) is 57.1 Å². The molecule has 14 heteroatoms. The predicted octanol–water partition coefficient (Wildman–Crippen LogP) is 3.78. The summed E-state index contributed by atoms with van der Waals surface area (Å²) in [6.07, 6.45) is 5.99. The average molecular weight is 714 g/mol. The van der Waals surface area contributed by atoms with Crippen LogP contribution >= 0.6 is 0 Å². The topological polar surface area (TPSA) is 162 Å². The Morgan fingerprint density at radius 2 is 0.900 bits per heavy atom. The first-order valence-corrected chi connectivity index (χ1v) is 16.8. The molecule has 0 fully saturated rings. The normalized spacial score (nSPS) is 12.2. The molecule has 0 bridgehead atoms. The Morgan fingerprint density at radius 3 is 1.28 bits per heavy atom. The summed E-state index contributed by atoms with van der Waals surface area (Å²) in [4.78, 5) is 28.7. The summed E-state index contributed by atoms with van der Waals surface area (Å²) >= 11 is 0. The summed E-state index contributed by atoms with van der Waals surface area (Å²) in [6.45, 7) is 17.7. The van der Waals surface area contributed by atoms with Crippen LogP contribution in [0, 0.1) is 0 Å². The van der Waals surface area contributed by atoms with E-state index in [4.69, 9.17) is 53.3 Å². The van der Waals surface area contributed by atoms with E-state index in [0.717, 1.165) is 5.56 Å². The summed E-state index contributed by atoms with van der Waals surface area (Å²) in [5.41, 5.74) is 0.200. The minimum Gasteiger partial charge on any atom is -0.491 e. The third-order valence-corrected chi connectivity index (χ3v) is 5.72. The van der Waals surface area contributed by atoms with Crippen LogP contribution in [0.25, 0.3) is 12.2 Å². The molecule has 0 spiro atoms. The second kappa shape index (κ2) is 27.8. The lowest BCUT2D eigenvalue weighted by Crippen LogP contribution is -2.22. The van der Waals surface area contributed by atoms with Gasteiger partial charge in [-0.3, -0.25) is 0 Å². The van der Waals surface area contributed by atoms with Crippen molar-refractivity contribution in [2.24, 2.45) is 5.90 Å². The molecule has 286 valence electrons. The third-order valence-electron chi connectivity index (χ3n) is 5.72. The van der Waals surface area contributed by atoms with Gasteiger partial charge in [0.15, 0.2) is 0 Å². The average Bonchev–Trinajstić information content (AvgIpc) is 3.03. The highest BCUT2D eigenvalue weighted by Crippen LogP contribution is 2.23. The molecule has 0 aliphatic carbocycles. The Labute approximate surface area is 297 Å². The van der Waals surface area contributed by atoms with Crippen molar-refractivity contribution < 1.29 is 61.8 Å². The standard InChI is InChI=1S/C36H59NO13/c1-35(2,3)49-33(38)11-8-30-7-9-31(10-12-34(39)50-36(4,5)6)32(29-30)47-27-25-45-23-21-43-19-17-41-15-13-40-14-16-42-18-20-44-22-24-46-26-28-48-37/h7-12,29H,13-28,37H2,1-6H3/b11-8+,12-10+. The molecule has 1 aromatic rings. The number of ether oxygens (including phenoxy) is 10. The zero-order chi connectivity index (χ0) is 36.9. The minimum atomic E-state index is -0.605. The summed E-state index contributed by atoms with van der Waals surface area (Å²) in [5, 5.41) is 0. The van der Waals surface area contributed by atoms with E-state index in [1.807, 2.05) is 6.07 Å². The molecule has 0 atom stereocenters. The van der Waals surface area contributed by atoms with Crippen LogP contribution in [0.4, 0.5) is 0 Å². The van der Waals surface area contributed by atoms with E-state index in [2.05, 4.69) is 4.84 Å². The number of carbonyl (C=O) groups is 2. The SMILES string of the molecule is CC(C)(C)OC(=O)/C=C/c1ccc(/C=C/C(=O)OC(C)(C)C)c(OCCOCCOCCOCCOCCOCCOCCOCCON)c1. The Hall–Kier alpha value is -2.92. The van der Waals surface area contributed by atoms with Gasteiger partial charge in [-0.1, -0.05) is 12.1 Å². The smallest absolute Gasteiger partial charge is 0.331 e. The highest BCUT2D eigenvalue weighted by Gasteiger charge is 2.15. The Bertz CT molecular complexity index is 1100. The van der Waals surface area contributed by atoms with Gasteiger partial charge < -0.3 is 52.2 Å². The molecular formula is C36H59NO13. The summed E-state index contributed by atoms with van der Waals surface area (Å²) in [6, 6.07) is 5.38. The first kappa shape index (κ1) is 45.1. The molecule has 0 heterocycles. The zero-order valence-electron chi connectivity index (χ0n) is 30.7. The minimum absolute atomic E-state index is 0.260. The van der Waals surface area contributed by atoms with Crippen molar-refractivity contribution in [3.8, 4) is 5.75 Å². The van der Waals surface area contributed by atoms with Crippen LogP contribution in [0.2, 0.25) is 0 Å². The number of carbonyl (C=O) groups excluding carboxylic acids is 2. The number of hydrogen-bond acceptors (Lipinski definition) is 14. The summed E-state index contributed by atoms with van der Waals surface area (Å²) in [5.74, 6) is 4.50. The molecule has 0 aliphatic rings. The molecule has 14 nitrogen and oxygen atoms in total. The van der Waals surface area contributed by atoms with Crippen molar-refractivity contribution in [2.45, 2.75) is 52.7 Å². The lowest BCUT2D eigenvalue weighted by molar-refractivity contribution is -0.149. The fourth-order valence-electron chi connectivity index (χ4n) is 3.65. The van der Waals surface area contributed by atoms with Crippen LogP contribution in [0.5, 0.6) is 5.75 Å². The van der Waals surface area contributed by atoms with Gasteiger partial charge in [-0.25, -0.2) is 15.5 Å². The van der Waals surface area contributed by atoms with Crippen LogP contribution in [-0.4, -0.2) is 129 Å². The maximum absolute atomic E-state index is 12.2. The molecule has 50 heavy (non-hydrogen) atoms. The molecule has 0 amide bonds. The summed E-state index contributed by atoms with van der Waals surface area (Å²) in [7, 11) is 0. The molecule has 0 radical (unpaired) electrons. The first-order chi connectivity index (χ1) is 23.9. The Balaban J connectivity index is 2.22. The van der Waals surface area contributed by atoms with Crippen molar-refractivity contribution in [2.75, 3.05) is 106 Å². The van der Waals surface area contributed by atoms with Crippen molar-refractivity contribution in [1.29, 1.82) is 0 Å². The maximum atomic E-state index is 12.2. The van der Waals surface area contributed by atoms with Crippen molar-refractivity contribution in [3.05, 3.63) is 41.5 Å². The molecule has 0 saturated heterocycles. The van der Waals surface area contributed by atoms with Gasteiger partial charge in [0.25, 0.3) is 0 Å². The van der Waals surface area contributed by atoms with E-state index < -0.39 is 23.1 Å². The van der Waals surface area contributed by atoms with Crippen LogP contribution < -0.4 is 10.6 Å². The van der Waals surface area contributed by atoms with Crippen molar-refractivity contribution >= 4 is 24.1 Å². The van der Waals surface area contributed by atoms with Gasteiger partial charge in [-0.2, -0.15) is 0 Å². The molecule has 1 rings (SSSR count). The molecule has 1 aromatic carbocycles. The monoisotopic (exact) mass is 713 g/mol. The number of benzene rings is 1. The second-order valence-corrected chi connectivity index (χ2v) is 12.5. The maximum Gasteiger partial charge on any atom is 0.331 e. The van der Waals surface area contributed by atoms with Gasteiger partial charge >= 0.3 is 11.9 Å². The summed E-state index contributed by atoms with van der Waals surface area (Å²) < 4.78 is 54.8. The highest BCUT2D eigenvalue weighted by atomic mass is 16.6. The first-order valence-electron chi connectivity index (χ1n) is 16.8. The molecule has 0 aromatic heterocycles. The Morgan fingerprint density at radius 1 is 0.540 bits per heavy atom. The number of hydrogen-bond donors (Lipinski definition) is 1. The largest absolute Gasteiger partial charge is 0.491 e. The fraction of sp³-hybridized carbons (Fsp3) is 0.667. The van der Waals surface area contributed by atoms with Gasteiger partial charge in [0, 0.05) is 17.7 Å². The van der Waals surface area contributed by atoms with Gasteiger partial charge in [0.2, 0.25) is 0 Å². The van der Waals surface area contributed by atoms with Crippen molar-refractivity contribution in [1.82, 2.24) is 0 Å². The second-order valence-electron chi connectivity index (χ2n) is 12.5. The van der Waals surface area contributed by atoms with E-state index in [1.54, 1.807) is 65.8 Å². The van der Waals surface area contributed by atoms with Crippen LogP contribution in [0.1, 0.15) is 52.7 Å². The fourth-order valence-corrected chi connectivity index (χ4v) is 3.65. The predicted molar refractivity (Wildman–Crippen MR) is 188 cm³/mol.